The van der Waals surface area contributed by atoms with Crippen molar-refractivity contribution in [2.45, 2.75) is 25.7 Å². The summed E-state index contributed by atoms with van der Waals surface area (Å²) in [6.45, 7) is 1.09. The van der Waals surface area contributed by atoms with Gasteiger partial charge in [-0.15, -0.1) is 0 Å². The SMILES string of the molecule is COC(=O)CCOc1ccc(CCCCN)cc1. The molecular weight excluding hydrogens is 230 g/mol. The Morgan fingerprint density at radius 2 is 1.94 bits per heavy atom. The fraction of sp³-hybridized carbons (Fsp3) is 0.500. The van der Waals surface area contributed by atoms with Gasteiger partial charge in [-0.05, 0) is 43.5 Å². The second kappa shape index (κ2) is 8.53. The summed E-state index contributed by atoms with van der Waals surface area (Å²) in [5.41, 5.74) is 6.73. The van der Waals surface area contributed by atoms with Crippen molar-refractivity contribution in [1.82, 2.24) is 0 Å². The summed E-state index contributed by atoms with van der Waals surface area (Å²) in [6, 6.07) is 7.94. The Balaban J connectivity index is 2.29. The van der Waals surface area contributed by atoms with Crippen molar-refractivity contribution in [2.75, 3.05) is 20.3 Å². The lowest BCUT2D eigenvalue weighted by Crippen LogP contribution is -2.07. The molecule has 0 bridgehead atoms. The van der Waals surface area contributed by atoms with Crippen LogP contribution in [0.2, 0.25) is 0 Å². The number of methoxy groups -OCH3 is 1. The van der Waals surface area contributed by atoms with Gasteiger partial charge in [0.25, 0.3) is 0 Å². The smallest absolute Gasteiger partial charge is 0.308 e. The summed E-state index contributed by atoms with van der Waals surface area (Å²) in [5, 5.41) is 0. The average molecular weight is 251 g/mol. The topological polar surface area (TPSA) is 61.5 Å². The van der Waals surface area contributed by atoms with Crippen molar-refractivity contribution >= 4 is 5.97 Å². The molecule has 2 N–H and O–H groups in total. The summed E-state index contributed by atoms with van der Waals surface area (Å²) in [4.78, 5) is 10.9. The van der Waals surface area contributed by atoms with Crippen molar-refractivity contribution in [1.29, 1.82) is 0 Å². The highest BCUT2D eigenvalue weighted by atomic mass is 16.5. The molecule has 1 aromatic carbocycles. The molecule has 100 valence electrons. The number of unbranched alkanes of at least 4 members (excludes halogenated alkanes) is 1. The molecule has 0 unspecified atom stereocenters. The largest absolute Gasteiger partial charge is 0.493 e. The standard InChI is InChI=1S/C14H21NO3/c1-17-14(16)9-11-18-13-7-5-12(6-8-13)4-2-3-10-15/h5-8H,2-4,9-11,15H2,1H3. The van der Waals surface area contributed by atoms with Crippen LogP contribution in [-0.2, 0) is 16.0 Å². The van der Waals surface area contributed by atoms with Crippen LogP contribution in [0.3, 0.4) is 0 Å². The highest BCUT2D eigenvalue weighted by Gasteiger charge is 2.01. The van der Waals surface area contributed by atoms with Crippen molar-refractivity contribution in [3.8, 4) is 5.75 Å². The number of hydrogen-bond acceptors (Lipinski definition) is 4. The first-order valence-electron chi connectivity index (χ1n) is 6.25. The van der Waals surface area contributed by atoms with Crippen molar-refractivity contribution < 1.29 is 14.3 Å². The zero-order valence-electron chi connectivity index (χ0n) is 10.9. The normalized spacial score (nSPS) is 10.1. The molecular formula is C14H21NO3. The van der Waals surface area contributed by atoms with E-state index in [2.05, 4.69) is 4.74 Å². The first kappa shape index (κ1) is 14.5. The van der Waals surface area contributed by atoms with Gasteiger partial charge in [0.2, 0.25) is 0 Å². The number of carbonyl (C=O) groups is 1. The molecule has 0 saturated heterocycles. The highest BCUT2D eigenvalue weighted by molar-refractivity contribution is 5.69. The van der Waals surface area contributed by atoms with E-state index in [0.717, 1.165) is 31.6 Å². The summed E-state index contributed by atoms with van der Waals surface area (Å²) >= 11 is 0. The van der Waals surface area contributed by atoms with Gasteiger partial charge in [-0.2, -0.15) is 0 Å². The molecule has 0 spiro atoms. The summed E-state index contributed by atoms with van der Waals surface area (Å²) in [5.74, 6) is 0.523. The van der Waals surface area contributed by atoms with Gasteiger partial charge >= 0.3 is 5.97 Å². The summed E-state index contributed by atoms with van der Waals surface area (Å²) in [6.07, 6.45) is 3.48. The quantitative estimate of drug-likeness (QED) is 0.566. The lowest BCUT2D eigenvalue weighted by atomic mass is 10.1. The molecule has 0 aliphatic carbocycles. The summed E-state index contributed by atoms with van der Waals surface area (Å²) < 4.78 is 9.97. The number of aryl methyl sites for hydroxylation is 1. The Kier molecular flexibility index (Phi) is 6.87. The van der Waals surface area contributed by atoms with Gasteiger partial charge in [0.1, 0.15) is 5.75 Å². The third kappa shape index (κ3) is 5.68. The lowest BCUT2D eigenvalue weighted by Gasteiger charge is -2.06. The van der Waals surface area contributed by atoms with E-state index in [1.54, 1.807) is 0 Å². The van der Waals surface area contributed by atoms with Crippen molar-refractivity contribution in [3.63, 3.8) is 0 Å². The molecule has 4 heteroatoms. The molecule has 0 amide bonds. The Bertz CT molecular complexity index is 349. The van der Waals surface area contributed by atoms with Gasteiger partial charge in [0, 0.05) is 0 Å². The highest BCUT2D eigenvalue weighted by Crippen LogP contribution is 2.14. The first-order chi connectivity index (χ1) is 8.76. The van der Waals surface area contributed by atoms with Crippen LogP contribution >= 0.6 is 0 Å². The third-order valence-corrected chi connectivity index (χ3v) is 2.65. The van der Waals surface area contributed by atoms with Crippen molar-refractivity contribution in [2.24, 2.45) is 5.73 Å². The molecule has 0 atom stereocenters. The predicted octanol–water partition coefficient (Wildman–Crippen LogP) is 1.91. The predicted molar refractivity (Wildman–Crippen MR) is 70.6 cm³/mol. The second-order valence-corrected chi connectivity index (χ2v) is 4.06. The number of esters is 1. The lowest BCUT2D eigenvalue weighted by molar-refractivity contribution is -0.141. The van der Waals surface area contributed by atoms with Gasteiger partial charge in [-0.1, -0.05) is 12.1 Å². The van der Waals surface area contributed by atoms with Crippen LogP contribution < -0.4 is 10.5 Å². The molecule has 1 rings (SSSR count). The van der Waals surface area contributed by atoms with E-state index < -0.39 is 0 Å². The van der Waals surface area contributed by atoms with E-state index in [1.165, 1.54) is 12.7 Å². The maximum atomic E-state index is 10.9. The van der Waals surface area contributed by atoms with E-state index in [9.17, 15) is 4.79 Å². The average Bonchev–Trinajstić information content (AvgIpc) is 2.40. The maximum absolute atomic E-state index is 10.9. The molecule has 1 aromatic rings. The molecule has 0 radical (unpaired) electrons. The summed E-state index contributed by atoms with van der Waals surface area (Å²) in [7, 11) is 1.37. The van der Waals surface area contributed by atoms with E-state index in [1.807, 2.05) is 24.3 Å². The van der Waals surface area contributed by atoms with Gasteiger partial charge in [0.15, 0.2) is 0 Å². The van der Waals surface area contributed by atoms with Gasteiger partial charge < -0.3 is 15.2 Å². The molecule has 0 saturated carbocycles. The molecule has 0 aliphatic rings. The molecule has 0 fully saturated rings. The maximum Gasteiger partial charge on any atom is 0.308 e. The molecule has 0 aromatic heterocycles. The minimum atomic E-state index is -0.256. The van der Waals surface area contributed by atoms with Gasteiger partial charge in [-0.3, -0.25) is 4.79 Å². The number of rotatable bonds is 8. The van der Waals surface area contributed by atoms with Gasteiger partial charge in [-0.25, -0.2) is 0 Å². The Labute approximate surface area is 108 Å². The van der Waals surface area contributed by atoms with Gasteiger partial charge in [0.05, 0.1) is 20.1 Å². The van der Waals surface area contributed by atoms with Crippen LogP contribution in [0.15, 0.2) is 24.3 Å². The van der Waals surface area contributed by atoms with Crippen LogP contribution in [-0.4, -0.2) is 26.2 Å². The zero-order chi connectivity index (χ0) is 13.2. The molecule has 4 nitrogen and oxygen atoms in total. The molecule has 0 aliphatic heterocycles. The number of carbonyl (C=O) groups excluding carboxylic acids is 1. The van der Waals surface area contributed by atoms with Crippen LogP contribution in [0, 0.1) is 0 Å². The minimum absolute atomic E-state index is 0.256. The number of ether oxygens (including phenoxy) is 2. The number of hydrogen-bond donors (Lipinski definition) is 1. The Morgan fingerprint density at radius 1 is 1.22 bits per heavy atom. The fourth-order valence-corrected chi connectivity index (χ4v) is 1.58. The van der Waals surface area contributed by atoms with E-state index in [-0.39, 0.29) is 12.4 Å². The van der Waals surface area contributed by atoms with E-state index >= 15 is 0 Å². The Morgan fingerprint density at radius 3 is 2.56 bits per heavy atom. The number of benzene rings is 1. The first-order valence-corrected chi connectivity index (χ1v) is 6.25. The number of nitrogens with two attached hydrogens (primary N) is 1. The van der Waals surface area contributed by atoms with Crippen LogP contribution in [0.4, 0.5) is 0 Å². The zero-order valence-corrected chi connectivity index (χ0v) is 10.9. The monoisotopic (exact) mass is 251 g/mol. The molecule has 0 heterocycles. The fourth-order valence-electron chi connectivity index (χ4n) is 1.58. The molecule has 18 heavy (non-hydrogen) atoms. The Hall–Kier alpha value is -1.55. The van der Waals surface area contributed by atoms with Crippen LogP contribution in [0.5, 0.6) is 5.75 Å². The van der Waals surface area contributed by atoms with Crippen LogP contribution in [0.1, 0.15) is 24.8 Å². The third-order valence-electron chi connectivity index (χ3n) is 2.65. The van der Waals surface area contributed by atoms with E-state index in [0.29, 0.717) is 6.61 Å². The van der Waals surface area contributed by atoms with Crippen LogP contribution in [0.25, 0.3) is 0 Å². The minimum Gasteiger partial charge on any atom is -0.493 e. The van der Waals surface area contributed by atoms with Crippen molar-refractivity contribution in [3.05, 3.63) is 29.8 Å². The van der Waals surface area contributed by atoms with E-state index in [4.69, 9.17) is 10.5 Å². The second-order valence-electron chi connectivity index (χ2n) is 4.06.